The number of hydrogen-bond donors (Lipinski definition) is 0. The zero-order valence-corrected chi connectivity index (χ0v) is 15.2. The molecule has 25 heavy (non-hydrogen) atoms. The minimum Gasteiger partial charge on any atom is -0.493 e. The molecule has 5 rings (SSSR count). The van der Waals surface area contributed by atoms with Gasteiger partial charge in [-0.15, -0.1) is 0 Å². The van der Waals surface area contributed by atoms with Gasteiger partial charge in [0.15, 0.2) is 23.4 Å². The van der Waals surface area contributed by atoms with E-state index in [1.807, 2.05) is 0 Å². The predicted molar refractivity (Wildman–Crippen MR) is 95.8 cm³/mol. The van der Waals surface area contributed by atoms with Gasteiger partial charge in [0.1, 0.15) is 0 Å². The van der Waals surface area contributed by atoms with E-state index in [1.165, 1.54) is 16.8 Å². The van der Waals surface area contributed by atoms with Crippen molar-refractivity contribution in [3.63, 3.8) is 0 Å². The average Bonchev–Trinajstić information content (AvgIpc) is 2.94. The maximum atomic E-state index is 12.7. The molecule has 2 heterocycles. The van der Waals surface area contributed by atoms with Crippen molar-refractivity contribution in [3.8, 4) is 11.5 Å². The molecule has 4 atom stereocenters. The van der Waals surface area contributed by atoms with Crippen LogP contribution in [0.3, 0.4) is 0 Å². The quantitative estimate of drug-likeness (QED) is 0.821. The van der Waals surface area contributed by atoms with Gasteiger partial charge in [0, 0.05) is 43.4 Å². The third-order valence-electron chi connectivity index (χ3n) is 6.79. The number of piperidine rings is 1. The molecule has 0 saturated carbocycles. The van der Waals surface area contributed by atoms with Gasteiger partial charge in [-0.2, -0.15) is 0 Å². The highest BCUT2D eigenvalue weighted by molar-refractivity contribution is 5.98. The van der Waals surface area contributed by atoms with Crippen molar-refractivity contribution in [2.45, 2.75) is 30.4 Å². The summed E-state index contributed by atoms with van der Waals surface area (Å²) >= 11 is 0. The number of anilines is 1. The minimum atomic E-state index is -0.404. The van der Waals surface area contributed by atoms with Crippen LogP contribution in [0.5, 0.6) is 11.5 Å². The summed E-state index contributed by atoms with van der Waals surface area (Å²) in [4.78, 5) is 17.4. The molecule has 1 spiro atoms. The number of likely N-dealkylation sites (tertiary alicyclic amines) is 1. The van der Waals surface area contributed by atoms with Crippen LogP contribution >= 0.6 is 0 Å². The monoisotopic (exact) mass is 340 g/mol. The highest BCUT2D eigenvalue weighted by Crippen LogP contribution is 2.63. The van der Waals surface area contributed by atoms with Crippen molar-refractivity contribution in [3.05, 3.63) is 29.3 Å². The molecule has 5 heteroatoms. The SMILES string of the molecule is COc1cc(N(C)C)c2c3c1O[C@H]1C(=O)C=C[C@H]4[C@@H](C2)N(C)CC[C@]314. The Balaban J connectivity index is 1.87. The van der Waals surface area contributed by atoms with E-state index in [1.54, 1.807) is 13.2 Å². The number of hydrogen-bond acceptors (Lipinski definition) is 5. The van der Waals surface area contributed by atoms with E-state index in [2.05, 4.69) is 43.1 Å². The Morgan fingerprint density at radius 1 is 1.40 bits per heavy atom. The van der Waals surface area contributed by atoms with Gasteiger partial charge < -0.3 is 19.3 Å². The van der Waals surface area contributed by atoms with Crippen molar-refractivity contribution < 1.29 is 14.3 Å². The van der Waals surface area contributed by atoms with Crippen LogP contribution in [0.25, 0.3) is 0 Å². The van der Waals surface area contributed by atoms with E-state index in [0.717, 1.165) is 30.9 Å². The Labute approximate surface area is 148 Å². The molecule has 0 amide bonds. The molecule has 0 radical (unpaired) electrons. The highest BCUT2D eigenvalue weighted by Gasteiger charge is 2.65. The zero-order valence-electron chi connectivity index (χ0n) is 15.2. The highest BCUT2D eigenvalue weighted by atomic mass is 16.5. The zero-order chi connectivity index (χ0) is 17.5. The summed E-state index contributed by atoms with van der Waals surface area (Å²) in [5.74, 6) is 1.97. The number of rotatable bonds is 2. The first kappa shape index (κ1) is 15.3. The van der Waals surface area contributed by atoms with Gasteiger partial charge in [-0.25, -0.2) is 0 Å². The second-order valence-electron chi connectivity index (χ2n) is 8.00. The lowest BCUT2D eigenvalue weighted by Crippen LogP contribution is -2.64. The van der Waals surface area contributed by atoms with E-state index in [0.29, 0.717) is 12.0 Å². The third kappa shape index (κ3) is 1.65. The predicted octanol–water partition coefficient (Wildman–Crippen LogP) is 1.78. The van der Waals surface area contributed by atoms with E-state index in [9.17, 15) is 4.79 Å². The summed E-state index contributed by atoms with van der Waals surface area (Å²) in [6.45, 7) is 0.996. The van der Waals surface area contributed by atoms with Crippen LogP contribution in [0, 0.1) is 5.92 Å². The smallest absolute Gasteiger partial charge is 0.196 e. The molecule has 1 aromatic carbocycles. The molecule has 1 saturated heterocycles. The Hall–Kier alpha value is -2.01. The second kappa shape index (κ2) is 4.79. The molecular formula is C20H24N2O3. The summed E-state index contributed by atoms with van der Waals surface area (Å²) < 4.78 is 12.0. The maximum absolute atomic E-state index is 12.7. The Morgan fingerprint density at radius 2 is 2.20 bits per heavy atom. The van der Waals surface area contributed by atoms with Crippen molar-refractivity contribution in [2.75, 3.05) is 39.7 Å². The first-order valence-corrected chi connectivity index (χ1v) is 8.99. The standard InChI is InChI=1S/C20H24N2O3/c1-21(2)13-10-16(24-4)18-17-11(13)9-14-12-5-6-15(23)19(25-18)20(12,17)7-8-22(14)3/h5-6,10,12,14,19H,7-9H2,1-4H3/t12-,14+,19-,20-/m0/s1. The molecule has 5 nitrogen and oxygen atoms in total. The molecule has 132 valence electrons. The Kier molecular flexibility index (Phi) is 2.92. The van der Waals surface area contributed by atoms with Crippen molar-refractivity contribution in [1.82, 2.24) is 4.90 Å². The van der Waals surface area contributed by atoms with E-state index < -0.39 is 6.10 Å². The summed E-state index contributed by atoms with van der Waals surface area (Å²) in [7, 11) is 8.02. The van der Waals surface area contributed by atoms with Crippen LogP contribution in [0.4, 0.5) is 5.69 Å². The Bertz CT molecular complexity index is 816. The fraction of sp³-hybridized carbons (Fsp3) is 0.550. The van der Waals surface area contributed by atoms with E-state index >= 15 is 0 Å². The molecule has 2 aliphatic heterocycles. The van der Waals surface area contributed by atoms with Crippen molar-refractivity contribution >= 4 is 11.5 Å². The van der Waals surface area contributed by atoms with Gasteiger partial charge in [0.05, 0.1) is 12.5 Å². The third-order valence-corrected chi connectivity index (χ3v) is 6.79. The van der Waals surface area contributed by atoms with Gasteiger partial charge in [0.2, 0.25) is 0 Å². The topological polar surface area (TPSA) is 42.0 Å². The molecule has 0 aromatic heterocycles. The molecule has 4 aliphatic rings. The molecule has 1 fully saturated rings. The molecule has 0 N–H and O–H groups in total. The lowest BCUT2D eigenvalue weighted by Gasteiger charge is -2.55. The largest absolute Gasteiger partial charge is 0.493 e. The van der Waals surface area contributed by atoms with E-state index in [-0.39, 0.29) is 11.2 Å². The first-order chi connectivity index (χ1) is 12.0. The molecule has 2 bridgehead atoms. The summed E-state index contributed by atoms with van der Waals surface area (Å²) in [5, 5.41) is 0. The summed E-state index contributed by atoms with van der Waals surface area (Å²) in [6, 6.07) is 2.48. The minimum absolute atomic E-state index is 0.0945. The van der Waals surface area contributed by atoms with Crippen LogP contribution in [-0.2, 0) is 16.6 Å². The number of ether oxygens (including phenoxy) is 2. The molecular weight excluding hydrogens is 316 g/mol. The van der Waals surface area contributed by atoms with Gasteiger partial charge in [-0.05, 0) is 38.1 Å². The van der Waals surface area contributed by atoms with Crippen LogP contribution in [-0.4, -0.2) is 57.6 Å². The maximum Gasteiger partial charge on any atom is 0.196 e. The summed E-state index contributed by atoms with van der Waals surface area (Å²) in [5.41, 5.74) is 3.53. The normalized spacial score (nSPS) is 34.6. The van der Waals surface area contributed by atoms with Crippen molar-refractivity contribution in [2.24, 2.45) is 5.92 Å². The van der Waals surface area contributed by atoms with Crippen LogP contribution in [0.1, 0.15) is 17.5 Å². The van der Waals surface area contributed by atoms with E-state index in [4.69, 9.17) is 9.47 Å². The van der Waals surface area contributed by atoms with Gasteiger partial charge in [-0.1, -0.05) is 6.08 Å². The van der Waals surface area contributed by atoms with Crippen LogP contribution in [0.15, 0.2) is 18.2 Å². The lowest BCUT2D eigenvalue weighted by atomic mass is 9.53. The first-order valence-electron chi connectivity index (χ1n) is 8.99. The van der Waals surface area contributed by atoms with Crippen LogP contribution < -0.4 is 14.4 Å². The Morgan fingerprint density at radius 3 is 2.92 bits per heavy atom. The number of nitrogens with zero attached hydrogens (tertiary/aromatic N) is 2. The molecule has 0 unspecified atom stereocenters. The van der Waals surface area contributed by atoms with Gasteiger partial charge in [-0.3, -0.25) is 4.79 Å². The fourth-order valence-corrected chi connectivity index (χ4v) is 5.68. The second-order valence-corrected chi connectivity index (χ2v) is 8.00. The number of carbonyl (C=O) groups excluding carboxylic acids is 1. The van der Waals surface area contributed by atoms with Crippen molar-refractivity contribution in [1.29, 1.82) is 0 Å². The number of likely N-dealkylation sites (N-methyl/N-ethyl adjacent to an activating group) is 1. The fourth-order valence-electron chi connectivity index (χ4n) is 5.68. The van der Waals surface area contributed by atoms with Crippen LogP contribution in [0.2, 0.25) is 0 Å². The van der Waals surface area contributed by atoms with Gasteiger partial charge in [0.25, 0.3) is 0 Å². The number of methoxy groups -OCH3 is 1. The molecule has 2 aliphatic carbocycles. The number of ketones is 1. The summed E-state index contributed by atoms with van der Waals surface area (Å²) in [6.07, 6.45) is 5.42. The molecule has 1 aromatic rings. The number of benzene rings is 1. The average molecular weight is 340 g/mol. The number of carbonyl (C=O) groups is 1. The lowest BCUT2D eigenvalue weighted by molar-refractivity contribution is -0.127. The van der Waals surface area contributed by atoms with Gasteiger partial charge >= 0.3 is 0 Å².